The number of hydrogen-bond donors (Lipinski definition) is 1. The highest BCUT2D eigenvalue weighted by atomic mass is 32.2. The Bertz CT molecular complexity index is 470. The van der Waals surface area contributed by atoms with Gasteiger partial charge in [0.25, 0.3) is 0 Å². The first-order chi connectivity index (χ1) is 9.38. The summed E-state index contributed by atoms with van der Waals surface area (Å²) >= 11 is 1.77. The SMILES string of the molecule is CSc1ccc(CNCCOc2ccccc2)cc1. The average molecular weight is 273 g/mol. The molecule has 0 unspecified atom stereocenters. The third kappa shape index (κ3) is 4.97. The number of nitrogens with one attached hydrogen (secondary N) is 1. The van der Waals surface area contributed by atoms with Gasteiger partial charge in [0.05, 0.1) is 0 Å². The Kier molecular flexibility index (Phi) is 5.79. The molecule has 100 valence electrons. The van der Waals surface area contributed by atoms with Crippen LogP contribution in [-0.2, 0) is 6.54 Å². The number of thioether (sulfide) groups is 1. The highest BCUT2D eigenvalue weighted by molar-refractivity contribution is 7.98. The van der Waals surface area contributed by atoms with Gasteiger partial charge < -0.3 is 10.1 Å². The molecule has 3 heteroatoms. The van der Waals surface area contributed by atoms with Crippen molar-refractivity contribution in [2.45, 2.75) is 11.4 Å². The minimum absolute atomic E-state index is 0.687. The Labute approximate surface area is 119 Å². The van der Waals surface area contributed by atoms with Crippen molar-refractivity contribution in [2.24, 2.45) is 0 Å². The fraction of sp³-hybridized carbons (Fsp3) is 0.250. The van der Waals surface area contributed by atoms with Crippen LogP contribution in [0.25, 0.3) is 0 Å². The van der Waals surface area contributed by atoms with Crippen LogP contribution in [0.2, 0.25) is 0 Å². The van der Waals surface area contributed by atoms with Gasteiger partial charge in [-0.3, -0.25) is 0 Å². The number of rotatable bonds is 7. The van der Waals surface area contributed by atoms with Crippen molar-refractivity contribution in [3.05, 3.63) is 60.2 Å². The summed E-state index contributed by atoms with van der Waals surface area (Å²) in [6.07, 6.45) is 2.09. The smallest absolute Gasteiger partial charge is 0.119 e. The minimum Gasteiger partial charge on any atom is -0.492 e. The Balaban J connectivity index is 1.63. The van der Waals surface area contributed by atoms with Crippen molar-refractivity contribution in [1.82, 2.24) is 5.32 Å². The number of hydrogen-bond acceptors (Lipinski definition) is 3. The van der Waals surface area contributed by atoms with Gasteiger partial charge in [-0.1, -0.05) is 30.3 Å². The third-order valence-electron chi connectivity index (χ3n) is 2.78. The van der Waals surface area contributed by atoms with Gasteiger partial charge in [-0.2, -0.15) is 0 Å². The third-order valence-corrected chi connectivity index (χ3v) is 3.52. The summed E-state index contributed by atoms with van der Waals surface area (Å²) in [7, 11) is 0. The molecule has 0 aliphatic carbocycles. The zero-order chi connectivity index (χ0) is 13.3. The van der Waals surface area contributed by atoms with Crippen molar-refractivity contribution in [1.29, 1.82) is 0 Å². The normalized spacial score (nSPS) is 10.4. The molecule has 19 heavy (non-hydrogen) atoms. The van der Waals surface area contributed by atoms with Gasteiger partial charge in [-0.05, 0) is 36.1 Å². The number of benzene rings is 2. The van der Waals surface area contributed by atoms with Crippen LogP contribution in [0.4, 0.5) is 0 Å². The predicted molar refractivity (Wildman–Crippen MR) is 81.9 cm³/mol. The molecule has 2 aromatic rings. The van der Waals surface area contributed by atoms with E-state index in [1.165, 1.54) is 10.5 Å². The van der Waals surface area contributed by atoms with Crippen molar-refractivity contribution in [3.63, 3.8) is 0 Å². The van der Waals surface area contributed by atoms with Gasteiger partial charge >= 0.3 is 0 Å². The van der Waals surface area contributed by atoms with Gasteiger partial charge in [-0.25, -0.2) is 0 Å². The summed E-state index contributed by atoms with van der Waals surface area (Å²) < 4.78 is 5.61. The van der Waals surface area contributed by atoms with Gasteiger partial charge in [0.15, 0.2) is 0 Å². The molecule has 0 aromatic heterocycles. The minimum atomic E-state index is 0.687. The quantitative estimate of drug-likeness (QED) is 0.615. The van der Waals surface area contributed by atoms with Crippen LogP contribution < -0.4 is 10.1 Å². The van der Waals surface area contributed by atoms with E-state index in [-0.39, 0.29) is 0 Å². The molecule has 0 heterocycles. The monoisotopic (exact) mass is 273 g/mol. The van der Waals surface area contributed by atoms with Crippen LogP contribution in [-0.4, -0.2) is 19.4 Å². The summed E-state index contributed by atoms with van der Waals surface area (Å²) in [4.78, 5) is 1.30. The zero-order valence-corrected chi connectivity index (χ0v) is 12.0. The predicted octanol–water partition coefficient (Wildman–Crippen LogP) is 3.58. The molecule has 0 radical (unpaired) electrons. The molecule has 0 spiro atoms. The maximum Gasteiger partial charge on any atom is 0.119 e. The lowest BCUT2D eigenvalue weighted by Gasteiger charge is -2.07. The van der Waals surface area contributed by atoms with E-state index in [4.69, 9.17) is 4.74 Å². The first kappa shape index (κ1) is 14.0. The summed E-state index contributed by atoms with van der Waals surface area (Å²) in [6, 6.07) is 18.5. The Hall–Kier alpha value is -1.45. The van der Waals surface area contributed by atoms with E-state index in [1.807, 2.05) is 30.3 Å². The first-order valence-electron chi connectivity index (χ1n) is 6.40. The van der Waals surface area contributed by atoms with Crippen LogP contribution in [0.15, 0.2) is 59.5 Å². The second kappa shape index (κ2) is 7.87. The van der Waals surface area contributed by atoms with E-state index >= 15 is 0 Å². The second-order valence-corrected chi connectivity index (χ2v) is 5.07. The lowest BCUT2D eigenvalue weighted by Crippen LogP contribution is -2.20. The van der Waals surface area contributed by atoms with Crippen LogP contribution >= 0.6 is 11.8 Å². The molecule has 2 aromatic carbocycles. The molecule has 0 atom stereocenters. The van der Waals surface area contributed by atoms with Gasteiger partial charge in [0.2, 0.25) is 0 Å². The molecule has 0 saturated carbocycles. The maximum atomic E-state index is 5.61. The largest absolute Gasteiger partial charge is 0.492 e. The molecule has 0 bridgehead atoms. The fourth-order valence-corrected chi connectivity index (χ4v) is 2.14. The number of ether oxygens (including phenoxy) is 1. The highest BCUT2D eigenvalue weighted by Crippen LogP contribution is 2.14. The summed E-state index contributed by atoms with van der Waals surface area (Å²) in [5.41, 5.74) is 1.30. The Morgan fingerprint density at radius 3 is 2.42 bits per heavy atom. The van der Waals surface area contributed by atoms with Crippen molar-refractivity contribution >= 4 is 11.8 Å². The topological polar surface area (TPSA) is 21.3 Å². The second-order valence-electron chi connectivity index (χ2n) is 4.19. The van der Waals surface area contributed by atoms with E-state index in [9.17, 15) is 0 Å². The molecule has 0 aliphatic heterocycles. The molecule has 0 amide bonds. The molecule has 0 saturated heterocycles. The average Bonchev–Trinajstić information content (AvgIpc) is 2.49. The summed E-state index contributed by atoms with van der Waals surface area (Å²) in [5, 5.41) is 3.38. The number of para-hydroxylation sites is 1. The van der Waals surface area contributed by atoms with E-state index in [0.717, 1.165) is 18.8 Å². The zero-order valence-electron chi connectivity index (χ0n) is 11.1. The van der Waals surface area contributed by atoms with E-state index < -0.39 is 0 Å². The lowest BCUT2D eigenvalue weighted by atomic mass is 10.2. The van der Waals surface area contributed by atoms with Gasteiger partial charge in [0.1, 0.15) is 12.4 Å². The van der Waals surface area contributed by atoms with E-state index in [0.29, 0.717) is 6.61 Å². The fourth-order valence-electron chi connectivity index (χ4n) is 1.73. The molecular weight excluding hydrogens is 254 g/mol. The van der Waals surface area contributed by atoms with Crippen LogP contribution in [0.5, 0.6) is 5.75 Å². The van der Waals surface area contributed by atoms with Crippen LogP contribution in [0, 0.1) is 0 Å². The standard InChI is InChI=1S/C16H19NOS/c1-19-16-9-7-14(8-10-16)13-17-11-12-18-15-5-3-2-4-6-15/h2-10,17H,11-13H2,1H3. The van der Waals surface area contributed by atoms with E-state index in [1.54, 1.807) is 11.8 Å². The maximum absolute atomic E-state index is 5.61. The molecule has 0 aliphatic rings. The molecule has 2 nitrogen and oxygen atoms in total. The molecule has 0 fully saturated rings. The van der Waals surface area contributed by atoms with E-state index in [2.05, 4.69) is 35.8 Å². The summed E-state index contributed by atoms with van der Waals surface area (Å²) in [5.74, 6) is 0.925. The van der Waals surface area contributed by atoms with Crippen molar-refractivity contribution in [3.8, 4) is 5.75 Å². The van der Waals surface area contributed by atoms with Crippen LogP contribution in [0.3, 0.4) is 0 Å². The van der Waals surface area contributed by atoms with Crippen molar-refractivity contribution < 1.29 is 4.74 Å². The molecule has 2 rings (SSSR count). The lowest BCUT2D eigenvalue weighted by molar-refractivity contribution is 0.313. The first-order valence-corrected chi connectivity index (χ1v) is 7.62. The Morgan fingerprint density at radius 1 is 1.00 bits per heavy atom. The Morgan fingerprint density at radius 2 is 1.74 bits per heavy atom. The van der Waals surface area contributed by atoms with Crippen molar-refractivity contribution in [2.75, 3.05) is 19.4 Å². The summed E-state index contributed by atoms with van der Waals surface area (Å²) in [6.45, 7) is 2.42. The molecular formula is C16H19NOS. The van der Waals surface area contributed by atoms with Gasteiger partial charge in [0, 0.05) is 18.0 Å². The highest BCUT2D eigenvalue weighted by Gasteiger charge is 1.95. The van der Waals surface area contributed by atoms with Gasteiger partial charge in [-0.15, -0.1) is 11.8 Å². The van der Waals surface area contributed by atoms with Crippen LogP contribution in [0.1, 0.15) is 5.56 Å². The molecule has 1 N–H and O–H groups in total.